The van der Waals surface area contributed by atoms with Gasteiger partial charge in [0.05, 0.1) is 10.6 Å². The van der Waals surface area contributed by atoms with E-state index in [2.05, 4.69) is 10.7 Å². The Morgan fingerprint density at radius 2 is 1.71 bits per heavy atom. The summed E-state index contributed by atoms with van der Waals surface area (Å²) in [6.45, 7) is -0.352. The summed E-state index contributed by atoms with van der Waals surface area (Å²) in [5.74, 6) is -0.628. The zero-order chi connectivity index (χ0) is 22.0. The molecule has 6 nitrogen and oxygen atoms in total. The van der Waals surface area contributed by atoms with Crippen LogP contribution >= 0.6 is 34.8 Å². The van der Waals surface area contributed by atoms with Crippen LogP contribution in [0.5, 0.6) is 5.75 Å². The minimum Gasteiger partial charge on any atom is -0.482 e. The van der Waals surface area contributed by atoms with Crippen molar-refractivity contribution in [1.82, 2.24) is 10.4 Å². The molecule has 0 aliphatic carbocycles. The Bertz CT molecular complexity index is 1140. The zero-order valence-electron chi connectivity index (χ0n) is 15.9. The van der Waals surface area contributed by atoms with Crippen molar-refractivity contribution >= 4 is 52.3 Å². The highest BCUT2D eigenvalue weighted by Crippen LogP contribution is 2.33. The lowest BCUT2D eigenvalue weighted by Gasteiger charge is -2.37. The number of hydrogen-bond donors (Lipinski definition) is 2. The topological polar surface area (TPSA) is 70.7 Å². The van der Waals surface area contributed by atoms with E-state index in [9.17, 15) is 9.59 Å². The number of ether oxygens (including phenoxy) is 1. The normalized spacial score (nSPS) is 15.1. The van der Waals surface area contributed by atoms with E-state index in [1.807, 2.05) is 30.3 Å². The molecule has 3 aromatic carbocycles. The maximum Gasteiger partial charge on any atom is 0.276 e. The van der Waals surface area contributed by atoms with Crippen molar-refractivity contribution in [2.45, 2.75) is 6.17 Å². The monoisotopic (exact) mass is 475 g/mol. The number of anilines is 1. The molecule has 0 fully saturated rings. The first-order chi connectivity index (χ1) is 14.9. The summed E-state index contributed by atoms with van der Waals surface area (Å²) in [5, 5.41) is 5.64. The Labute approximate surface area is 193 Å². The summed E-state index contributed by atoms with van der Waals surface area (Å²) < 4.78 is 5.48. The standard InChI is InChI=1S/C22H16Cl3N3O3/c23-14-6-8-18-16(10-14)22(30)28(21(26-18)13-4-2-1-3-5-13)27-20(29)12-31-19-9-7-15(24)11-17(19)25/h1-11,21,26H,12H2,(H,27,29). The highest BCUT2D eigenvalue weighted by Gasteiger charge is 2.34. The second kappa shape index (κ2) is 9.06. The van der Waals surface area contributed by atoms with Gasteiger partial charge in [-0.05, 0) is 42.0 Å². The summed E-state index contributed by atoms with van der Waals surface area (Å²) in [5.41, 5.74) is 4.39. The van der Waals surface area contributed by atoms with Crippen LogP contribution in [0.3, 0.4) is 0 Å². The smallest absolute Gasteiger partial charge is 0.276 e. The lowest BCUT2D eigenvalue weighted by atomic mass is 10.0. The van der Waals surface area contributed by atoms with Gasteiger partial charge in [-0.2, -0.15) is 0 Å². The van der Waals surface area contributed by atoms with Gasteiger partial charge in [0.1, 0.15) is 11.9 Å². The van der Waals surface area contributed by atoms with Crippen LogP contribution in [0.25, 0.3) is 0 Å². The average molecular weight is 477 g/mol. The van der Waals surface area contributed by atoms with Crippen LogP contribution in [0, 0.1) is 0 Å². The third-order valence-electron chi connectivity index (χ3n) is 4.59. The molecule has 0 bridgehead atoms. The number of halogens is 3. The van der Waals surface area contributed by atoms with Gasteiger partial charge in [-0.15, -0.1) is 0 Å². The number of rotatable bonds is 5. The van der Waals surface area contributed by atoms with Gasteiger partial charge >= 0.3 is 0 Å². The summed E-state index contributed by atoms with van der Waals surface area (Å²) in [4.78, 5) is 25.8. The molecule has 1 aliphatic heterocycles. The quantitative estimate of drug-likeness (QED) is 0.523. The Balaban J connectivity index is 1.56. The van der Waals surface area contributed by atoms with Gasteiger partial charge in [-0.1, -0.05) is 65.1 Å². The molecule has 1 heterocycles. The van der Waals surface area contributed by atoms with Crippen molar-refractivity contribution in [2.75, 3.05) is 11.9 Å². The van der Waals surface area contributed by atoms with Crippen molar-refractivity contribution in [3.05, 3.63) is 92.9 Å². The molecule has 0 aromatic heterocycles. The molecular weight excluding hydrogens is 461 g/mol. The second-order valence-corrected chi connectivity index (χ2v) is 8.00. The maximum atomic E-state index is 13.2. The second-order valence-electron chi connectivity index (χ2n) is 6.72. The van der Waals surface area contributed by atoms with Gasteiger partial charge in [-0.25, -0.2) is 5.01 Å². The molecule has 0 saturated heterocycles. The lowest BCUT2D eigenvalue weighted by Crippen LogP contribution is -2.53. The van der Waals surface area contributed by atoms with E-state index >= 15 is 0 Å². The Kier molecular flexibility index (Phi) is 6.23. The van der Waals surface area contributed by atoms with E-state index < -0.39 is 18.0 Å². The van der Waals surface area contributed by atoms with Crippen molar-refractivity contribution < 1.29 is 14.3 Å². The number of carbonyl (C=O) groups is 2. The molecule has 2 N–H and O–H groups in total. The van der Waals surface area contributed by atoms with Crippen LogP contribution in [-0.2, 0) is 4.79 Å². The van der Waals surface area contributed by atoms with Crippen molar-refractivity contribution in [1.29, 1.82) is 0 Å². The van der Waals surface area contributed by atoms with Crippen LogP contribution in [0.2, 0.25) is 15.1 Å². The molecule has 0 saturated carbocycles. The largest absolute Gasteiger partial charge is 0.482 e. The van der Waals surface area contributed by atoms with E-state index in [1.54, 1.807) is 30.3 Å². The fourth-order valence-corrected chi connectivity index (χ4v) is 3.80. The summed E-state index contributed by atoms with van der Waals surface area (Å²) >= 11 is 18.0. The summed E-state index contributed by atoms with van der Waals surface area (Å²) in [6.07, 6.45) is -0.620. The predicted octanol–water partition coefficient (Wildman–Crippen LogP) is 5.32. The Hall–Kier alpha value is -2.93. The number of hydrogen-bond acceptors (Lipinski definition) is 4. The first kappa shape index (κ1) is 21.3. The molecule has 158 valence electrons. The SMILES string of the molecule is O=C(COc1ccc(Cl)cc1Cl)NN1C(=O)c2cc(Cl)ccc2NC1c1ccccc1. The van der Waals surface area contributed by atoms with E-state index in [4.69, 9.17) is 39.5 Å². The zero-order valence-corrected chi connectivity index (χ0v) is 18.2. The van der Waals surface area contributed by atoms with E-state index in [0.717, 1.165) is 5.56 Å². The van der Waals surface area contributed by atoms with Gasteiger partial charge < -0.3 is 10.1 Å². The highest BCUT2D eigenvalue weighted by atomic mass is 35.5. The first-order valence-corrected chi connectivity index (χ1v) is 10.4. The van der Waals surface area contributed by atoms with E-state index in [-0.39, 0.29) is 11.6 Å². The molecule has 2 amide bonds. The van der Waals surface area contributed by atoms with Crippen LogP contribution in [0.1, 0.15) is 22.1 Å². The molecule has 0 spiro atoms. The molecule has 1 atom stereocenters. The Morgan fingerprint density at radius 1 is 1.00 bits per heavy atom. The first-order valence-electron chi connectivity index (χ1n) is 9.24. The number of carbonyl (C=O) groups excluding carboxylic acids is 2. The Morgan fingerprint density at radius 3 is 2.45 bits per heavy atom. The molecule has 3 aromatic rings. The number of hydrazine groups is 1. The third kappa shape index (κ3) is 4.71. The molecular formula is C22H16Cl3N3O3. The van der Waals surface area contributed by atoms with Crippen molar-refractivity contribution in [2.24, 2.45) is 0 Å². The van der Waals surface area contributed by atoms with Crippen LogP contribution in [0.4, 0.5) is 5.69 Å². The van der Waals surface area contributed by atoms with Gasteiger partial charge in [0.2, 0.25) is 0 Å². The molecule has 31 heavy (non-hydrogen) atoms. The van der Waals surface area contributed by atoms with Crippen LogP contribution in [-0.4, -0.2) is 23.4 Å². The fraction of sp³-hybridized carbons (Fsp3) is 0.0909. The van der Waals surface area contributed by atoms with Crippen LogP contribution < -0.4 is 15.5 Å². The van der Waals surface area contributed by atoms with E-state index in [0.29, 0.717) is 27.0 Å². The number of amides is 2. The number of fused-ring (bicyclic) bond motifs is 1. The van der Waals surface area contributed by atoms with Gasteiger partial charge in [0.25, 0.3) is 11.8 Å². The lowest BCUT2D eigenvalue weighted by molar-refractivity contribution is -0.127. The fourth-order valence-electron chi connectivity index (χ4n) is 3.16. The predicted molar refractivity (Wildman–Crippen MR) is 121 cm³/mol. The molecule has 4 rings (SSSR count). The van der Waals surface area contributed by atoms with Crippen molar-refractivity contribution in [3.8, 4) is 5.75 Å². The molecule has 1 unspecified atom stereocenters. The van der Waals surface area contributed by atoms with Gasteiger partial charge in [0, 0.05) is 15.7 Å². The highest BCUT2D eigenvalue weighted by molar-refractivity contribution is 6.35. The molecule has 1 aliphatic rings. The van der Waals surface area contributed by atoms with Crippen LogP contribution in [0.15, 0.2) is 66.7 Å². The number of nitrogens with one attached hydrogen (secondary N) is 2. The van der Waals surface area contributed by atoms with E-state index in [1.165, 1.54) is 11.1 Å². The number of nitrogens with zero attached hydrogens (tertiary/aromatic N) is 1. The molecule has 0 radical (unpaired) electrons. The van der Waals surface area contributed by atoms with Crippen molar-refractivity contribution in [3.63, 3.8) is 0 Å². The van der Waals surface area contributed by atoms with Gasteiger partial charge in [-0.3, -0.25) is 15.0 Å². The van der Waals surface area contributed by atoms with Gasteiger partial charge in [0.15, 0.2) is 6.61 Å². The number of benzene rings is 3. The minimum atomic E-state index is -0.620. The maximum absolute atomic E-state index is 13.2. The third-order valence-corrected chi connectivity index (χ3v) is 5.36. The average Bonchev–Trinajstić information content (AvgIpc) is 2.76. The minimum absolute atomic E-state index is 0.279. The molecule has 9 heteroatoms. The summed E-state index contributed by atoms with van der Waals surface area (Å²) in [6, 6.07) is 18.9. The summed E-state index contributed by atoms with van der Waals surface area (Å²) in [7, 11) is 0.